The van der Waals surface area contributed by atoms with Gasteiger partial charge in [-0.2, -0.15) is 11.8 Å². The molecule has 7 nitrogen and oxygen atoms in total. The lowest BCUT2D eigenvalue weighted by molar-refractivity contribution is 0.414. The van der Waals surface area contributed by atoms with E-state index in [4.69, 9.17) is 4.74 Å². The molecule has 0 spiro atoms. The van der Waals surface area contributed by atoms with Crippen molar-refractivity contribution in [2.45, 2.75) is 19.1 Å². The van der Waals surface area contributed by atoms with Crippen molar-refractivity contribution in [3.05, 3.63) is 69.7 Å². The smallest absolute Gasteiger partial charge is 0.255 e. The van der Waals surface area contributed by atoms with Gasteiger partial charge in [-0.05, 0) is 24.6 Å². The summed E-state index contributed by atoms with van der Waals surface area (Å²) in [5, 5.41) is 3.15. The van der Waals surface area contributed by atoms with E-state index in [0.717, 1.165) is 40.8 Å². The maximum atomic E-state index is 12.3. The lowest BCUT2D eigenvalue weighted by Crippen LogP contribution is -2.18. The number of hydrogen-bond donors (Lipinski definition) is 3. The summed E-state index contributed by atoms with van der Waals surface area (Å²) < 4.78 is 5.15. The summed E-state index contributed by atoms with van der Waals surface area (Å²) in [7, 11) is 1.63. The molecule has 2 heterocycles. The molecule has 0 aliphatic rings. The van der Waals surface area contributed by atoms with Crippen LogP contribution in [0.5, 0.6) is 5.75 Å². The lowest BCUT2D eigenvalue weighted by Gasteiger charge is -2.07. The number of imidazole rings is 1. The van der Waals surface area contributed by atoms with E-state index < -0.39 is 0 Å². The molecule has 0 unspecified atom stereocenters. The molecule has 3 aromatic rings. The van der Waals surface area contributed by atoms with Crippen molar-refractivity contribution in [2.24, 2.45) is 0 Å². The van der Waals surface area contributed by atoms with Gasteiger partial charge in [0.25, 0.3) is 5.56 Å². The molecular weight excluding hydrogens is 433 g/mol. The molecule has 0 saturated carbocycles. The molecule has 29 heavy (non-hydrogen) atoms. The van der Waals surface area contributed by atoms with Crippen LogP contribution in [0.3, 0.4) is 0 Å². The number of nitrogens with one attached hydrogen (secondary N) is 3. The van der Waals surface area contributed by atoms with Gasteiger partial charge in [-0.1, -0.05) is 12.1 Å². The van der Waals surface area contributed by atoms with E-state index in [1.54, 1.807) is 31.4 Å². The molecule has 0 amide bonds. The van der Waals surface area contributed by atoms with Gasteiger partial charge in [0.2, 0.25) is 5.95 Å². The number of halogens is 2. The number of aryl methyl sites for hydroxylation is 1. The molecule has 3 rings (SSSR count). The quantitative estimate of drug-likeness (QED) is 0.424. The minimum atomic E-state index is -0.122. The second kappa shape index (κ2) is 12.4. The summed E-state index contributed by atoms with van der Waals surface area (Å²) in [4.78, 5) is 26.7. The number of hydrogen-bond acceptors (Lipinski definition) is 6. The molecule has 10 heteroatoms. The Balaban J connectivity index is 0.00000210. The summed E-state index contributed by atoms with van der Waals surface area (Å²) in [6.45, 7) is 2.73. The fraction of sp³-hybridized carbons (Fsp3) is 0.316. The first-order chi connectivity index (χ1) is 13.2. The van der Waals surface area contributed by atoms with Crippen LogP contribution >= 0.6 is 36.6 Å². The Kier molecular flexibility index (Phi) is 10.6. The van der Waals surface area contributed by atoms with Crippen LogP contribution < -0.4 is 15.6 Å². The number of H-pyrrole nitrogens is 2. The van der Waals surface area contributed by atoms with Gasteiger partial charge in [0.05, 0.1) is 19.1 Å². The van der Waals surface area contributed by atoms with Crippen LogP contribution in [-0.2, 0) is 12.2 Å². The highest BCUT2D eigenvalue weighted by Gasteiger charge is 2.05. The van der Waals surface area contributed by atoms with Gasteiger partial charge in [0.1, 0.15) is 5.75 Å². The Morgan fingerprint density at radius 1 is 1.17 bits per heavy atom. The Morgan fingerprint density at radius 3 is 2.55 bits per heavy atom. The van der Waals surface area contributed by atoms with E-state index in [2.05, 4.69) is 25.3 Å². The summed E-state index contributed by atoms with van der Waals surface area (Å²) >= 11 is 1.78. The first kappa shape index (κ1) is 24.9. The molecule has 0 atom stereocenters. The predicted molar refractivity (Wildman–Crippen MR) is 123 cm³/mol. The van der Waals surface area contributed by atoms with Gasteiger partial charge >= 0.3 is 0 Å². The zero-order valence-corrected chi connectivity index (χ0v) is 18.7. The van der Waals surface area contributed by atoms with E-state index >= 15 is 0 Å². The number of aromatic amines is 2. The number of aromatic nitrogens is 4. The van der Waals surface area contributed by atoms with Crippen LogP contribution in [0.15, 0.2) is 41.6 Å². The SMILES string of the molecule is COc1ccc(Cc2cnc(NCCSCc3nc[nH]c3C)[nH]c2=O)cc1.Cl.Cl. The van der Waals surface area contributed by atoms with Crippen LogP contribution in [-0.4, -0.2) is 39.3 Å². The Morgan fingerprint density at radius 2 is 1.93 bits per heavy atom. The van der Waals surface area contributed by atoms with Gasteiger partial charge in [-0.25, -0.2) is 9.97 Å². The molecule has 0 aliphatic carbocycles. The third-order valence-electron chi connectivity index (χ3n) is 4.14. The van der Waals surface area contributed by atoms with E-state index in [-0.39, 0.29) is 30.4 Å². The van der Waals surface area contributed by atoms with Crippen LogP contribution in [0.4, 0.5) is 5.95 Å². The highest BCUT2D eigenvalue weighted by Crippen LogP contribution is 2.14. The van der Waals surface area contributed by atoms with Crippen molar-refractivity contribution in [3.8, 4) is 5.75 Å². The van der Waals surface area contributed by atoms with Crippen molar-refractivity contribution in [1.82, 2.24) is 19.9 Å². The highest BCUT2D eigenvalue weighted by atomic mass is 35.5. The number of methoxy groups -OCH3 is 1. The molecule has 0 aliphatic heterocycles. The zero-order chi connectivity index (χ0) is 19.1. The predicted octanol–water partition coefficient (Wildman–Crippen LogP) is 3.59. The first-order valence-electron chi connectivity index (χ1n) is 8.67. The molecule has 1 aromatic carbocycles. The number of thioether (sulfide) groups is 1. The number of nitrogens with zero attached hydrogens (tertiary/aromatic N) is 2. The van der Waals surface area contributed by atoms with Crippen LogP contribution in [0.2, 0.25) is 0 Å². The number of rotatable bonds is 9. The zero-order valence-electron chi connectivity index (χ0n) is 16.2. The van der Waals surface area contributed by atoms with E-state index in [1.807, 2.05) is 31.2 Å². The number of anilines is 1. The van der Waals surface area contributed by atoms with Crippen LogP contribution in [0.25, 0.3) is 0 Å². The van der Waals surface area contributed by atoms with E-state index in [1.165, 1.54) is 0 Å². The summed E-state index contributed by atoms with van der Waals surface area (Å²) in [6.07, 6.45) is 3.88. The third kappa shape index (κ3) is 7.30. The van der Waals surface area contributed by atoms with Crippen molar-refractivity contribution in [1.29, 1.82) is 0 Å². The minimum Gasteiger partial charge on any atom is -0.497 e. The molecule has 0 bridgehead atoms. The second-order valence-electron chi connectivity index (χ2n) is 6.06. The standard InChI is InChI=1S/C19H23N5O2S.2ClH/c1-13-17(23-12-22-13)11-27-8-7-20-19-21-10-15(18(25)24-19)9-14-3-5-16(26-2)6-4-14;;/h3-6,10,12H,7-9,11H2,1-2H3,(H,22,23)(H2,20,21,24,25);2*1H. The molecule has 2 aromatic heterocycles. The largest absolute Gasteiger partial charge is 0.497 e. The maximum absolute atomic E-state index is 12.3. The van der Waals surface area contributed by atoms with Crippen molar-refractivity contribution in [3.63, 3.8) is 0 Å². The highest BCUT2D eigenvalue weighted by molar-refractivity contribution is 7.98. The first-order valence-corrected chi connectivity index (χ1v) is 9.83. The average Bonchev–Trinajstić information content (AvgIpc) is 3.09. The lowest BCUT2D eigenvalue weighted by atomic mass is 10.1. The van der Waals surface area contributed by atoms with Gasteiger partial charge in [0, 0.05) is 41.9 Å². The third-order valence-corrected chi connectivity index (χ3v) is 5.11. The summed E-state index contributed by atoms with van der Waals surface area (Å²) in [5.41, 5.74) is 3.73. The minimum absolute atomic E-state index is 0. The monoisotopic (exact) mass is 457 g/mol. The van der Waals surface area contributed by atoms with Crippen molar-refractivity contribution >= 4 is 42.5 Å². The van der Waals surface area contributed by atoms with Crippen molar-refractivity contribution < 1.29 is 4.74 Å². The molecular formula is C19H25Cl2N5O2S. The van der Waals surface area contributed by atoms with E-state index in [9.17, 15) is 4.79 Å². The summed E-state index contributed by atoms with van der Waals surface area (Å²) in [5.74, 6) is 3.05. The van der Waals surface area contributed by atoms with Crippen LogP contribution in [0, 0.1) is 6.92 Å². The molecule has 0 fully saturated rings. The number of benzene rings is 1. The Bertz CT molecular complexity index is 931. The van der Waals surface area contributed by atoms with Gasteiger partial charge in [-0.3, -0.25) is 9.78 Å². The van der Waals surface area contributed by atoms with Gasteiger partial charge in [0.15, 0.2) is 0 Å². The molecule has 3 N–H and O–H groups in total. The van der Waals surface area contributed by atoms with Gasteiger partial charge < -0.3 is 15.0 Å². The average molecular weight is 458 g/mol. The van der Waals surface area contributed by atoms with Gasteiger partial charge in [-0.15, -0.1) is 24.8 Å². The topological polar surface area (TPSA) is 95.7 Å². The van der Waals surface area contributed by atoms with E-state index in [0.29, 0.717) is 17.9 Å². The Hall–Kier alpha value is -2.16. The second-order valence-corrected chi connectivity index (χ2v) is 7.17. The molecule has 158 valence electrons. The fourth-order valence-corrected chi connectivity index (χ4v) is 3.42. The Labute approximate surface area is 186 Å². The van der Waals surface area contributed by atoms with Crippen LogP contribution in [0.1, 0.15) is 22.5 Å². The maximum Gasteiger partial charge on any atom is 0.255 e. The summed E-state index contributed by atoms with van der Waals surface area (Å²) in [6, 6.07) is 7.66. The molecule has 0 saturated heterocycles. The normalized spacial score (nSPS) is 10.0. The molecule has 0 radical (unpaired) electrons. The van der Waals surface area contributed by atoms with Crippen molar-refractivity contribution in [2.75, 3.05) is 24.7 Å². The number of ether oxygens (including phenoxy) is 1. The fourth-order valence-electron chi connectivity index (χ4n) is 2.54.